The van der Waals surface area contributed by atoms with Crippen LogP contribution in [0.4, 0.5) is 0 Å². The van der Waals surface area contributed by atoms with Gasteiger partial charge in [-0.25, -0.2) is 0 Å². The molecule has 0 aliphatic rings. The maximum atomic E-state index is 8.93. The normalized spacial score (nSPS) is 21.0. The molecule has 0 radical (unpaired) electrons. The van der Waals surface area contributed by atoms with Crippen molar-refractivity contribution in [1.82, 2.24) is 0 Å². The molecule has 5 heteroatoms. The van der Waals surface area contributed by atoms with E-state index in [1.165, 1.54) is 6.92 Å². The molecule has 0 amide bonds. The van der Waals surface area contributed by atoms with E-state index >= 15 is 0 Å². The smallest absolute Gasteiger partial charge is 0.218 e. The Balaban J connectivity index is 4.29. The van der Waals surface area contributed by atoms with Gasteiger partial charge in [-0.3, -0.25) is 0 Å². The molecule has 11 heavy (non-hydrogen) atoms. The van der Waals surface area contributed by atoms with Gasteiger partial charge in [-0.1, -0.05) is 0 Å². The summed E-state index contributed by atoms with van der Waals surface area (Å²) in [5, 5.41) is 44.2. The number of hydrogen-bond acceptors (Lipinski definition) is 5. The number of aliphatic hydroxyl groups excluding tert-OH is 3. The Morgan fingerprint density at radius 1 is 1.00 bits per heavy atom. The van der Waals surface area contributed by atoms with Gasteiger partial charge in [0.15, 0.2) is 0 Å². The fraction of sp³-hybridized carbons (Fsp3) is 1.00. The Morgan fingerprint density at radius 2 is 1.36 bits per heavy atom. The predicted molar refractivity (Wildman–Crippen MR) is 36.5 cm³/mol. The summed E-state index contributed by atoms with van der Waals surface area (Å²) in [6.45, 7) is 2.29. The molecule has 0 rings (SSSR count). The first-order chi connectivity index (χ1) is 4.80. The molecule has 0 aromatic heterocycles. The SMILES string of the molecule is CC(O)C(O)C(O)(O)C(C)O. The van der Waals surface area contributed by atoms with E-state index in [0.717, 1.165) is 6.92 Å². The molecule has 5 nitrogen and oxygen atoms in total. The van der Waals surface area contributed by atoms with Gasteiger partial charge in [0.25, 0.3) is 0 Å². The Kier molecular flexibility index (Phi) is 3.40. The van der Waals surface area contributed by atoms with Crippen LogP contribution in [0.15, 0.2) is 0 Å². The zero-order valence-electron chi connectivity index (χ0n) is 6.47. The fourth-order valence-electron chi connectivity index (χ4n) is 0.602. The van der Waals surface area contributed by atoms with Crippen molar-refractivity contribution in [2.24, 2.45) is 0 Å². The molecule has 0 saturated carbocycles. The maximum Gasteiger partial charge on any atom is 0.218 e. The van der Waals surface area contributed by atoms with Crippen LogP contribution in [0.3, 0.4) is 0 Å². The monoisotopic (exact) mass is 166 g/mol. The highest BCUT2D eigenvalue weighted by molar-refractivity contribution is 4.83. The average Bonchev–Trinajstić information content (AvgIpc) is 1.85. The highest BCUT2D eigenvalue weighted by atomic mass is 16.5. The van der Waals surface area contributed by atoms with E-state index in [2.05, 4.69) is 0 Å². The van der Waals surface area contributed by atoms with Crippen LogP contribution in [-0.2, 0) is 0 Å². The molecule has 0 spiro atoms. The van der Waals surface area contributed by atoms with Crippen LogP contribution >= 0.6 is 0 Å². The van der Waals surface area contributed by atoms with Gasteiger partial charge in [-0.05, 0) is 13.8 Å². The van der Waals surface area contributed by atoms with Crippen molar-refractivity contribution in [3.8, 4) is 0 Å². The van der Waals surface area contributed by atoms with Crippen LogP contribution in [0.5, 0.6) is 0 Å². The zero-order valence-corrected chi connectivity index (χ0v) is 6.47. The lowest BCUT2D eigenvalue weighted by Gasteiger charge is -2.31. The van der Waals surface area contributed by atoms with E-state index in [0.29, 0.717) is 0 Å². The fourth-order valence-corrected chi connectivity index (χ4v) is 0.602. The lowest BCUT2D eigenvalue weighted by atomic mass is 10.0. The van der Waals surface area contributed by atoms with Gasteiger partial charge in [-0.15, -0.1) is 0 Å². The Morgan fingerprint density at radius 3 is 1.45 bits per heavy atom. The Labute approximate surface area is 64.5 Å². The summed E-state index contributed by atoms with van der Waals surface area (Å²) in [7, 11) is 0. The van der Waals surface area contributed by atoms with Gasteiger partial charge in [0.2, 0.25) is 5.79 Å². The molecule has 68 valence electrons. The van der Waals surface area contributed by atoms with Crippen molar-refractivity contribution in [2.45, 2.75) is 37.9 Å². The van der Waals surface area contributed by atoms with E-state index in [1.54, 1.807) is 0 Å². The highest BCUT2D eigenvalue weighted by Gasteiger charge is 2.40. The summed E-state index contributed by atoms with van der Waals surface area (Å²) in [6.07, 6.45) is -4.60. The molecule has 0 aliphatic heterocycles. The number of hydrogen-bond donors (Lipinski definition) is 5. The lowest BCUT2D eigenvalue weighted by molar-refractivity contribution is -0.285. The molecule has 0 aromatic carbocycles. The van der Waals surface area contributed by atoms with Crippen LogP contribution in [-0.4, -0.2) is 49.6 Å². The minimum atomic E-state index is -2.66. The van der Waals surface area contributed by atoms with E-state index < -0.39 is 24.1 Å². The Hall–Kier alpha value is -0.200. The van der Waals surface area contributed by atoms with E-state index in [-0.39, 0.29) is 0 Å². The van der Waals surface area contributed by atoms with Crippen LogP contribution < -0.4 is 0 Å². The molecule has 0 heterocycles. The van der Waals surface area contributed by atoms with Crippen molar-refractivity contribution in [3.63, 3.8) is 0 Å². The molecular formula is C6H14O5. The lowest BCUT2D eigenvalue weighted by Crippen LogP contribution is -2.55. The third-order valence-corrected chi connectivity index (χ3v) is 1.51. The van der Waals surface area contributed by atoms with Gasteiger partial charge in [0.05, 0.1) is 6.10 Å². The van der Waals surface area contributed by atoms with Crippen molar-refractivity contribution in [2.75, 3.05) is 0 Å². The second-order valence-electron chi connectivity index (χ2n) is 2.64. The molecule has 3 atom stereocenters. The summed E-state index contributed by atoms with van der Waals surface area (Å²) < 4.78 is 0. The summed E-state index contributed by atoms with van der Waals surface area (Å²) >= 11 is 0. The first kappa shape index (κ1) is 10.8. The van der Waals surface area contributed by atoms with Crippen LogP contribution in [0.2, 0.25) is 0 Å². The highest BCUT2D eigenvalue weighted by Crippen LogP contribution is 2.14. The van der Waals surface area contributed by atoms with E-state index in [9.17, 15) is 0 Å². The van der Waals surface area contributed by atoms with Crippen LogP contribution in [0.25, 0.3) is 0 Å². The molecule has 0 saturated heterocycles. The van der Waals surface area contributed by atoms with Gasteiger partial charge < -0.3 is 25.5 Å². The van der Waals surface area contributed by atoms with Crippen molar-refractivity contribution >= 4 is 0 Å². The summed E-state index contributed by atoms with van der Waals surface area (Å²) in [4.78, 5) is 0. The minimum absolute atomic E-state index is 1.10. The van der Waals surface area contributed by atoms with Gasteiger partial charge in [0, 0.05) is 0 Å². The molecule has 0 bridgehead atoms. The van der Waals surface area contributed by atoms with Crippen molar-refractivity contribution in [1.29, 1.82) is 0 Å². The molecular weight excluding hydrogens is 152 g/mol. The van der Waals surface area contributed by atoms with Crippen molar-refractivity contribution in [3.05, 3.63) is 0 Å². The quantitative estimate of drug-likeness (QED) is 0.306. The maximum absolute atomic E-state index is 8.93. The number of aliphatic hydroxyl groups is 5. The van der Waals surface area contributed by atoms with Gasteiger partial charge in [0.1, 0.15) is 12.2 Å². The first-order valence-corrected chi connectivity index (χ1v) is 3.29. The number of rotatable bonds is 3. The average molecular weight is 166 g/mol. The van der Waals surface area contributed by atoms with Crippen LogP contribution in [0, 0.1) is 0 Å². The predicted octanol–water partition coefficient (Wildman–Crippen LogP) is -2.21. The molecule has 0 aliphatic carbocycles. The standard InChI is InChI=1S/C6H14O5/c1-3(7)5(9)6(10,11)4(2)8/h3-5,7-11H,1-2H3. The Bertz CT molecular complexity index is 120. The zero-order chi connectivity index (χ0) is 9.23. The van der Waals surface area contributed by atoms with E-state index in [1.807, 2.05) is 0 Å². The minimum Gasteiger partial charge on any atom is -0.391 e. The second kappa shape index (κ2) is 3.46. The molecule has 5 N–H and O–H groups in total. The van der Waals surface area contributed by atoms with Gasteiger partial charge in [-0.2, -0.15) is 0 Å². The summed E-state index contributed by atoms with van der Waals surface area (Å²) in [5.41, 5.74) is 0. The largest absolute Gasteiger partial charge is 0.391 e. The topological polar surface area (TPSA) is 101 Å². The molecule has 0 fully saturated rings. The van der Waals surface area contributed by atoms with Crippen LogP contribution in [0.1, 0.15) is 13.8 Å². The third kappa shape index (κ3) is 2.39. The second-order valence-corrected chi connectivity index (χ2v) is 2.64. The van der Waals surface area contributed by atoms with Gasteiger partial charge >= 0.3 is 0 Å². The first-order valence-electron chi connectivity index (χ1n) is 3.29. The summed E-state index contributed by atoms with van der Waals surface area (Å²) in [5.74, 6) is -2.66. The van der Waals surface area contributed by atoms with E-state index in [4.69, 9.17) is 25.5 Å². The molecule has 0 aromatic rings. The third-order valence-electron chi connectivity index (χ3n) is 1.51. The van der Waals surface area contributed by atoms with Crippen molar-refractivity contribution < 1.29 is 25.5 Å². The molecule has 3 unspecified atom stereocenters. The summed E-state index contributed by atoms with van der Waals surface area (Å²) in [6, 6.07) is 0.